The zero-order chi connectivity index (χ0) is 10.4. The van der Waals surface area contributed by atoms with Crippen LogP contribution in [0, 0.1) is 17.2 Å². The number of rotatable bonds is 2. The molecule has 0 aromatic rings. The van der Waals surface area contributed by atoms with E-state index in [1.54, 1.807) is 6.92 Å². The maximum absolute atomic E-state index is 11.2. The predicted octanol–water partition coefficient (Wildman–Crippen LogP) is 2.19. The van der Waals surface area contributed by atoms with Gasteiger partial charge in [0.1, 0.15) is 0 Å². The third-order valence-electron chi connectivity index (χ3n) is 2.40. The third kappa shape index (κ3) is 2.88. The van der Waals surface area contributed by atoms with Gasteiger partial charge in [-0.1, -0.05) is 6.42 Å². The summed E-state index contributed by atoms with van der Waals surface area (Å²) in [6.07, 6.45) is 5.39. The molecule has 0 saturated heterocycles. The second kappa shape index (κ2) is 5.43. The van der Waals surface area contributed by atoms with Gasteiger partial charge in [-0.25, -0.2) is 4.79 Å². The van der Waals surface area contributed by atoms with Gasteiger partial charge in [0.15, 0.2) is 0 Å². The van der Waals surface area contributed by atoms with E-state index in [1.165, 1.54) is 6.08 Å². The Morgan fingerprint density at radius 1 is 1.71 bits per heavy atom. The Morgan fingerprint density at radius 2 is 2.50 bits per heavy atom. The highest BCUT2D eigenvalue weighted by Gasteiger charge is 2.19. The Balaban J connectivity index is 2.63. The van der Waals surface area contributed by atoms with Crippen molar-refractivity contribution in [1.29, 1.82) is 5.26 Å². The van der Waals surface area contributed by atoms with Crippen molar-refractivity contribution >= 4 is 5.97 Å². The molecule has 1 aliphatic rings. The van der Waals surface area contributed by atoms with Crippen LogP contribution < -0.4 is 0 Å². The summed E-state index contributed by atoms with van der Waals surface area (Å²) >= 11 is 0. The maximum Gasteiger partial charge on any atom is 0.330 e. The number of carbonyl (C=O) groups is 1. The average Bonchev–Trinajstić information content (AvgIpc) is 2.19. The first-order valence-corrected chi connectivity index (χ1v) is 5.04. The number of carbonyl (C=O) groups excluding carboxylic acids is 1. The predicted molar refractivity (Wildman–Crippen MR) is 52.3 cm³/mol. The van der Waals surface area contributed by atoms with E-state index < -0.39 is 0 Å². The summed E-state index contributed by atoms with van der Waals surface area (Å²) < 4.78 is 4.81. The van der Waals surface area contributed by atoms with E-state index in [1.807, 2.05) is 0 Å². The van der Waals surface area contributed by atoms with Crippen LogP contribution in [0.3, 0.4) is 0 Å². The first kappa shape index (κ1) is 10.8. The second-order valence-corrected chi connectivity index (χ2v) is 3.40. The van der Waals surface area contributed by atoms with Crippen LogP contribution in [0.2, 0.25) is 0 Å². The van der Waals surface area contributed by atoms with Gasteiger partial charge in [-0.3, -0.25) is 0 Å². The van der Waals surface area contributed by atoms with Crippen molar-refractivity contribution in [2.45, 2.75) is 32.6 Å². The molecule has 1 saturated carbocycles. The van der Waals surface area contributed by atoms with Gasteiger partial charge in [-0.2, -0.15) is 5.26 Å². The van der Waals surface area contributed by atoms with Crippen molar-refractivity contribution in [3.05, 3.63) is 11.6 Å². The highest BCUT2D eigenvalue weighted by Crippen LogP contribution is 2.28. The molecule has 0 bridgehead atoms. The number of hydrogen-bond donors (Lipinski definition) is 0. The molecule has 1 rings (SSSR count). The molecule has 0 spiro atoms. The van der Waals surface area contributed by atoms with Crippen LogP contribution in [0.1, 0.15) is 32.6 Å². The number of hydrogen-bond acceptors (Lipinski definition) is 3. The number of nitriles is 1. The van der Waals surface area contributed by atoms with Crippen molar-refractivity contribution < 1.29 is 9.53 Å². The summed E-state index contributed by atoms with van der Waals surface area (Å²) in [6.45, 7) is 2.17. The van der Waals surface area contributed by atoms with Gasteiger partial charge in [0, 0.05) is 6.08 Å². The lowest BCUT2D eigenvalue weighted by Crippen LogP contribution is -2.11. The molecule has 76 valence electrons. The fourth-order valence-electron chi connectivity index (χ4n) is 1.69. The summed E-state index contributed by atoms with van der Waals surface area (Å²) in [5, 5.41) is 8.86. The number of nitrogens with zero attached hydrogens (tertiary/aromatic N) is 1. The SMILES string of the molecule is CCOC(=O)C=C1CCCCC1C#N. The van der Waals surface area contributed by atoms with E-state index in [-0.39, 0.29) is 11.9 Å². The highest BCUT2D eigenvalue weighted by molar-refractivity contribution is 5.83. The molecule has 0 amide bonds. The van der Waals surface area contributed by atoms with Gasteiger partial charge in [0.05, 0.1) is 18.6 Å². The molecular formula is C11H15NO2. The van der Waals surface area contributed by atoms with E-state index in [4.69, 9.17) is 10.00 Å². The van der Waals surface area contributed by atoms with Crippen molar-refractivity contribution in [2.24, 2.45) is 5.92 Å². The molecule has 0 aromatic carbocycles. The molecule has 3 nitrogen and oxygen atoms in total. The molecule has 1 unspecified atom stereocenters. The molecule has 1 atom stereocenters. The van der Waals surface area contributed by atoms with Crippen LogP contribution >= 0.6 is 0 Å². The minimum atomic E-state index is -0.315. The summed E-state index contributed by atoms with van der Waals surface area (Å²) in [7, 11) is 0. The highest BCUT2D eigenvalue weighted by atomic mass is 16.5. The van der Waals surface area contributed by atoms with E-state index in [0.29, 0.717) is 6.61 Å². The summed E-state index contributed by atoms with van der Waals surface area (Å²) in [6, 6.07) is 2.23. The Hall–Kier alpha value is -1.30. The van der Waals surface area contributed by atoms with E-state index in [9.17, 15) is 4.79 Å². The van der Waals surface area contributed by atoms with Gasteiger partial charge < -0.3 is 4.74 Å². The number of allylic oxidation sites excluding steroid dienone is 1. The fraction of sp³-hybridized carbons (Fsp3) is 0.636. The molecule has 0 heterocycles. The molecule has 0 aliphatic heterocycles. The first-order valence-electron chi connectivity index (χ1n) is 5.04. The third-order valence-corrected chi connectivity index (χ3v) is 2.40. The van der Waals surface area contributed by atoms with Crippen LogP contribution in [0.15, 0.2) is 11.6 Å². The lowest BCUT2D eigenvalue weighted by atomic mass is 9.85. The normalized spacial score (nSPS) is 24.3. The Kier molecular flexibility index (Phi) is 4.18. The Labute approximate surface area is 84.4 Å². The number of ether oxygens (including phenoxy) is 1. The Morgan fingerprint density at radius 3 is 3.14 bits per heavy atom. The topological polar surface area (TPSA) is 50.1 Å². The standard InChI is InChI=1S/C11H15NO2/c1-2-14-11(13)7-9-5-3-4-6-10(9)8-12/h7,10H,2-6H2,1H3. The Bertz CT molecular complexity index is 276. The largest absolute Gasteiger partial charge is 0.463 e. The average molecular weight is 193 g/mol. The van der Waals surface area contributed by atoms with Crippen molar-refractivity contribution in [1.82, 2.24) is 0 Å². The molecule has 1 aliphatic carbocycles. The van der Waals surface area contributed by atoms with Crippen molar-refractivity contribution in [3.8, 4) is 6.07 Å². The smallest absolute Gasteiger partial charge is 0.330 e. The monoisotopic (exact) mass is 193 g/mol. The zero-order valence-corrected chi connectivity index (χ0v) is 8.45. The minimum absolute atomic E-state index is 0.0758. The molecule has 0 N–H and O–H groups in total. The van der Waals surface area contributed by atoms with Gasteiger partial charge in [0.25, 0.3) is 0 Å². The zero-order valence-electron chi connectivity index (χ0n) is 8.45. The summed E-state index contributed by atoms with van der Waals surface area (Å²) in [4.78, 5) is 11.2. The van der Waals surface area contributed by atoms with E-state index >= 15 is 0 Å². The summed E-state index contributed by atoms with van der Waals surface area (Å²) in [5.74, 6) is -0.391. The van der Waals surface area contributed by atoms with Crippen LogP contribution in [0.25, 0.3) is 0 Å². The summed E-state index contributed by atoms with van der Waals surface area (Å²) in [5.41, 5.74) is 0.942. The lowest BCUT2D eigenvalue weighted by Gasteiger charge is -2.18. The van der Waals surface area contributed by atoms with Gasteiger partial charge in [0.2, 0.25) is 0 Å². The maximum atomic E-state index is 11.2. The first-order chi connectivity index (χ1) is 6.77. The van der Waals surface area contributed by atoms with Crippen LogP contribution in [-0.4, -0.2) is 12.6 Å². The van der Waals surface area contributed by atoms with Crippen LogP contribution in [0.4, 0.5) is 0 Å². The van der Waals surface area contributed by atoms with Crippen LogP contribution in [-0.2, 0) is 9.53 Å². The van der Waals surface area contributed by atoms with Gasteiger partial charge in [-0.05, 0) is 31.8 Å². The molecule has 3 heteroatoms. The quantitative estimate of drug-likeness (QED) is 0.499. The molecule has 1 fully saturated rings. The van der Waals surface area contributed by atoms with E-state index in [0.717, 1.165) is 31.3 Å². The fourth-order valence-corrected chi connectivity index (χ4v) is 1.69. The minimum Gasteiger partial charge on any atom is -0.463 e. The number of esters is 1. The van der Waals surface area contributed by atoms with Crippen molar-refractivity contribution in [2.75, 3.05) is 6.61 Å². The molecular weight excluding hydrogens is 178 g/mol. The van der Waals surface area contributed by atoms with E-state index in [2.05, 4.69) is 6.07 Å². The van der Waals surface area contributed by atoms with Gasteiger partial charge >= 0.3 is 5.97 Å². The molecule has 0 aromatic heterocycles. The van der Waals surface area contributed by atoms with Crippen molar-refractivity contribution in [3.63, 3.8) is 0 Å². The molecule has 14 heavy (non-hydrogen) atoms. The van der Waals surface area contributed by atoms with Crippen LogP contribution in [0.5, 0.6) is 0 Å². The second-order valence-electron chi connectivity index (χ2n) is 3.40. The molecule has 0 radical (unpaired) electrons. The lowest BCUT2D eigenvalue weighted by molar-refractivity contribution is -0.137. The van der Waals surface area contributed by atoms with Gasteiger partial charge in [-0.15, -0.1) is 0 Å².